The summed E-state index contributed by atoms with van der Waals surface area (Å²) < 4.78 is 12.9. The van der Waals surface area contributed by atoms with Crippen LogP contribution >= 0.6 is 0 Å². The molecule has 6 nitrogen and oxygen atoms in total. The quantitative estimate of drug-likeness (QED) is 0.404. The van der Waals surface area contributed by atoms with Gasteiger partial charge in [-0.3, -0.25) is 0 Å². The average Bonchev–Trinajstić information content (AvgIpc) is 3.01. The molecule has 0 aliphatic carbocycles. The number of ether oxygens (including phenoxy) is 2. The van der Waals surface area contributed by atoms with Crippen LogP contribution in [0.3, 0.4) is 0 Å². The molecular formula is C18H24N4O2Si. The molecule has 0 spiro atoms. The van der Waals surface area contributed by atoms with Crippen LogP contribution in [0.4, 0.5) is 5.69 Å². The number of pyridine rings is 1. The second kappa shape index (κ2) is 7.75. The van der Waals surface area contributed by atoms with Crippen LogP contribution < -0.4 is 0 Å². The number of azo groups is 1. The van der Waals surface area contributed by atoms with Crippen LogP contribution in [0.25, 0.3) is 11.0 Å². The fourth-order valence-electron chi connectivity index (χ4n) is 2.37. The van der Waals surface area contributed by atoms with Crippen molar-refractivity contribution in [1.29, 1.82) is 0 Å². The van der Waals surface area contributed by atoms with Gasteiger partial charge in [-0.1, -0.05) is 19.6 Å². The minimum atomic E-state index is -1.07. The van der Waals surface area contributed by atoms with Crippen LogP contribution in [0.15, 0.2) is 58.9 Å². The highest BCUT2D eigenvalue weighted by Gasteiger charge is 2.12. The van der Waals surface area contributed by atoms with Gasteiger partial charge in [-0.25, -0.2) is 4.98 Å². The molecule has 0 N–H and O–H groups in total. The first kappa shape index (κ1) is 17.6. The maximum atomic E-state index is 5.83. The maximum absolute atomic E-state index is 5.83. The van der Waals surface area contributed by atoms with Crippen molar-refractivity contribution in [3.63, 3.8) is 0 Å². The largest absolute Gasteiger partial charge is 0.497 e. The van der Waals surface area contributed by atoms with E-state index in [1.54, 1.807) is 18.5 Å². The van der Waals surface area contributed by atoms with Crippen LogP contribution in [0.5, 0.6) is 0 Å². The molecule has 0 fully saturated rings. The number of hydrogen-bond donors (Lipinski definition) is 0. The van der Waals surface area contributed by atoms with Crippen LogP contribution in [0.2, 0.25) is 25.7 Å². The summed E-state index contributed by atoms with van der Waals surface area (Å²) in [6, 6.07) is 5.03. The minimum Gasteiger partial charge on any atom is -0.497 e. The lowest BCUT2D eigenvalue weighted by Crippen LogP contribution is -2.22. The highest BCUT2D eigenvalue weighted by Crippen LogP contribution is 2.26. The lowest BCUT2D eigenvalue weighted by molar-refractivity contribution is 0.0899. The molecular weight excluding hydrogens is 332 g/mol. The number of nitrogens with zero attached hydrogens (tertiary/aromatic N) is 4. The van der Waals surface area contributed by atoms with Crippen molar-refractivity contribution < 1.29 is 9.47 Å². The highest BCUT2D eigenvalue weighted by molar-refractivity contribution is 6.76. The van der Waals surface area contributed by atoms with E-state index in [9.17, 15) is 0 Å². The van der Waals surface area contributed by atoms with Crippen LogP contribution in [-0.2, 0) is 16.2 Å². The van der Waals surface area contributed by atoms with Crippen LogP contribution in [-0.4, -0.2) is 30.8 Å². The molecule has 2 aromatic heterocycles. The Bertz CT molecular complexity index is 818. The summed E-state index contributed by atoms with van der Waals surface area (Å²) >= 11 is 0. The third-order valence-electron chi connectivity index (χ3n) is 3.86. The summed E-state index contributed by atoms with van der Waals surface area (Å²) in [5, 5.41) is 9.60. The van der Waals surface area contributed by atoms with Crippen molar-refractivity contribution in [3.8, 4) is 0 Å². The number of aromatic nitrogens is 2. The van der Waals surface area contributed by atoms with E-state index in [1.807, 2.05) is 29.0 Å². The molecule has 7 heteroatoms. The van der Waals surface area contributed by atoms with Gasteiger partial charge in [0.15, 0.2) is 0 Å². The number of fused-ring (bicyclic) bond motifs is 1. The number of hydrogen-bond acceptors (Lipinski definition) is 5. The number of allylic oxidation sites excluding steroid dienone is 1. The first-order chi connectivity index (χ1) is 12.0. The van der Waals surface area contributed by atoms with Gasteiger partial charge in [0.25, 0.3) is 0 Å². The molecule has 0 aromatic carbocycles. The van der Waals surface area contributed by atoms with Crippen molar-refractivity contribution in [3.05, 3.63) is 48.6 Å². The monoisotopic (exact) mass is 356 g/mol. The Kier molecular flexibility index (Phi) is 5.45. The second-order valence-electron chi connectivity index (χ2n) is 7.17. The Labute approximate surface area is 148 Å². The SMILES string of the molecule is C[Si](C)(C)CCOCn1ccc2c(N=NC3=CCOC=C3)ccnc21. The van der Waals surface area contributed by atoms with E-state index < -0.39 is 8.07 Å². The first-order valence-corrected chi connectivity index (χ1v) is 12.2. The summed E-state index contributed by atoms with van der Waals surface area (Å²) in [5.41, 5.74) is 2.46. The minimum absolute atomic E-state index is 0.507. The Hall–Kier alpha value is -2.25. The van der Waals surface area contributed by atoms with Crippen molar-refractivity contribution in [1.82, 2.24) is 9.55 Å². The van der Waals surface area contributed by atoms with Gasteiger partial charge in [-0.05, 0) is 30.3 Å². The van der Waals surface area contributed by atoms with Gasteiger partial charge in [0.05, 0.1) is 17.6 Å². The van der Waals surface area contributed by atoms with Gasteiger partial charge >= 0.3 is 0 Å². The average molecular weight is 357 g/mol. The zero-order chi connectivity index (χ0) is 17.7. The Morgan fingerprint density at radius 3 is 2.92 bits per heavy atom. The fourth-order valence-corrected chi connectivity index (χ4v) is 3.13. The van der Waals surface area contributed by atoms with Crippen LogP contribution in [0, 0.1) is 0 Å². The van der Waals surface area contributed by atoms with Crippen molar-refractivity contribution >= 4 is 24.8 Å². The summed E-state index contributed by atoms with van der Waals surface area (Å²) in [7, 11) is -1.07. The number of rotatable bonds is 7. The van der Waals surface area contributed by atoms with Gasteiger partial charge in [-0.2, -0.15) is 5.11 Å². The maximum Gasteiger partial charge on any atom is 0.143 e. The third-order valence-corrected chi connectivity index (χ3v) is 5.57. The molecule has 0 amide bonds. The predicted molar refractivity (Wildman–Crippen MR) is 102 cm³/mol. The van der Waals surface area contributed by atoms with E-state index in [2.05, 4.69) is 34.9 Å². The van der Waals surface area contributed by atoms with Gasteiger partial charge in [0.2, 0.25) is 0 Å². The molecule has 0 saturated carbocycles. The summed E-state index contributed by atoms with van der Waals surface area (Å²) in [6.45, 7) is 8.88. The molecule has 3 heterocycles. The van der Waals surface area contributed by atoms with Gasteiger partial charge in [0, 0.05) is 32.5 Å². The Balaban J connectivity index is 1.70. The summed E-state index contributed by atoms with van der Waals surface area (Å²) in [6.07, 6.45) is 9.05. The summed E-state index contributed by atoms with van der Waals surface area (Å²) in [5.74, 6) is 0. The Morgan fingerprint density at radius 1 is 1.28 bits per heavy atom. The molecule has 2 aromatic rings. The molecule has 0 unspecified atom stereocenters. The summed E-state index contributed by atoms with van der Waals surface area (Å²) in [4.78, 5) is 4.47. The second-order valence-corrected chi connectivity index (χ2v) is 12.8. The topological polar surface area (TPSA) is 61.0 Å². The van der Waals surface area contributed by atoms with Crippen molar-refractivity contribution in [2.75, 3.05) is 13.2 Å². The molecule has 0 radical (unpaired) electrons. The third kappa shape index (κ3) is 4.87. The molecule has 0 saturated heterocycles. The molecule has 0 atom stereocenters. The molecule has 0 bridgehead atoms. The first-order valence-electron chi connectivity index (χ1n) is 8.45. The van der Waals surface area contributed by atoms with Gasteiger partial charge in [0.1, 0.15) is 19.0 Å². The van der Waals surface area contributed by atoms with E-state index >= 15 is 0 Å². The smallest absolute Gasteiger partial charge is 0.143 e. The van der Waals surface area contributed by atoms with E-state index in [0.717, 1.165) is 35.1 Å². The van der Waals surface area contributed by atoms with E-state index in [0.29, 0.717) is 13.3 Å². The fraction of sp³-hybridized carbons (Fsp3) is 0.389. The van der Waals surface area contributed by atoms with E-state index in [-0.39, 0.29) is 0 Å². The van der Waals surface area contributed by atoms with Gasteiger partial charge in [-0.15, -0.1) is 5.11 Å². The van der Waals surface area contributed by atoms with E-state index in [1.165, 1.54) is 0 Å². The predicted octanol–water partition coefficient (Wildman–Crippen LogP) is 4.86. The van der Waals surface area contributed by atoms with Crippen LogP contribution in [0.1, 0.15) is 0 Å². The zero-order valence-corrected chi connectivity index (χ0v) is 16.0. The molecule has 1 aliphatic rings. The van der Waals surface area contributed by atoms with Gasteiger partial charge < -0.3 is 14.0 Å². The van der Waals surface area contributed by atoms with E-state index in [4.69, 9.17) is 9.47 Å². The normalized spacial score (nSPS) is 14.9. The molecule has 25 heavy (non-hydrogen) atoms. The molecule has 3 rings (SSSR count). The lowest BCUT2D eigenvalue weighted by Gasteiger charge is -2.15. The highest BCUT2D eigenvalue weighted by atomic mass is 28.3. The van der Waals surface area contributed by atoms with Crippen molar-refractivity contribution in [2.24, 2.45) is 10.2 Å². The molecule has 1 aliphatic heterocycles. The zero-order valence-electron chi connectivity index (χ0n) is 15.0. The van der Waals surface area contributed by atoms with Crippen molar-refractivity contribution in [2.45, 2.75) is 32.4 Å². The molecule has 132 valence electrons. The Morgan fingerprint density at radius 2 is 2.16 bits per heavy atom. The lowest BCUT2D eigenvalue weighted by atomic mass is 10.3. The standard InChI is InChI=1S/C18H24N4O2Si/c1-25(2,3)13-12-24-14-22-9-5-16-17(4-8-19-18(16)22)21-20-15-6-10-23-11-7-15/h4-10H,11-14H2,1-3H3.